The molecule has 0 radical (unpaired) electrons. The molecule has 0 saturated carbocycles. The fourth-order valence-corrected chi connectivity index (χ4v) is 1.77. The van der Waals surface area contributed by atoms with Gasteiger partial charge in [0.05, 0.1) is 25.5 Å². The van der Waals surface area contributed by atoms with Gasteiger partial charge in [-0.25, -0.2) is 0 Å². The van der Waals surface area contributed by atoms with Gasteiger partial charge in [0.1, 0.15) is 5.76 Å². The Morgan fingerprint density at radius 2 is 2.37 bits per heavy atom. The summed E-state index contributed by atoms with van der Waals surface area (Å²) in [5, 5.41) is 2.84. The van der Waals surface area contributed by atoms with Crippen molar-refractivity contribution in [3.63, 3.8) is 0 Å². The Morgan fingerprint density at radius 3 is 2.95 bits per heavy atom. The van der Waals surface area contributed by atoms with Crippen molar-refractivity contribution < 1.29 is 13.9 Å². The normalized spacial score (nSPS) is 12.6. The predicted octanol–water partition coefficient (Wildman–Crippen LogP) is 0.191. The molecule has 108 valence electrons. The summed E-state index contributed by atoms with van der Waals surface area (Å²) < 4.78 is 10.2. The van der Waals surface area contributed by atoms with E-state index in [1.54, 1.807) is 19.4 Å². The first kappa shape index (κ1) is 15.7. The zero-order valence-corrected chi connectivity index (χ0v) is 11.6. The molecule has 6 heteroatoms. The van der Waals surface area contributed by atoms with Crippen LogP contribution in [0.15, 0.2) is 22.8 Å². The largest absolute Gasteiger partial charge is 0.467 e. The molecule has 1 aromatic rings. The van der Waals surface area contributed by atoms with Crippen LogP contribution in [-0.2, 0) is 16.1 Å². The third kappa shape index (κ3) is 5.42. The minimum Gasteiger partial charge on any atom is -0.467 e. The second kappa shape index (κ2) is 8.68. The van der Waals surface area contributed by atoms with E-state index in [0.29, 0.717) is 32.8 Å². The molecule has 0 spiro atoms. The molecule has 0 aliphatic heterocycles. The Labute approximate surface area is 113 Å². The Morgan fingerprint density at radius 1 is 1.58 bits per heavy atom. The highest BCUT2D eigenvalue weighted by Gasteiger charge is 2.20. The first-order valence-corrected chi connectivity index (χ1v) is 6.42. The van der Waals surface area contributed by atoms with E-state index in [-0.39, 0.29) is 11.9 Å². The maximum Gasteiger partial charge on any atom is 0.237 e. The second-order valence-corrected chi connectivity index (χ2v) is 4.29. The standard InChI is InChI=1S/C13H23N3O3/c1-11(16(6-5-14)7-9-18-2)13(17)15-10-12-4-3-8-19-12/h3-4,8,11H,5-7,9-10,14H2,1-2H3,(H,15,17). The summed E-state index contributed by atoms with van der Waals surface area (Å²) in [5.41, 5.74) is 5.56. The molecule has 1 unspecified atom stereocenters. The van der Waals surface area contributed by atoms with Crippen LogP contribution in [0, 0.1) is 0 Å². The Hall–Kier alpha value is -1.37. The van der Waals surface area contributed by atoms with Gasteiger partial charge in [0, 0.05) is 26.7 Å². The number of rotatable bonds is 9. The van der Waals surface area contributed by atoms with Crippen LogP contribution in [0.5, 0.6) is 0 Å². The van der Waals surface area contributed by atoms with Gasteiger partial charge in [0.15, 0.2) is 0 Å². The van der Waals surface area contributed by atoms with Crippen molar-refractivity contribution in [1.29, 1.82) is 0 Å². The zero-order chi connectivity index (χ0) is 14.1. The van der Waals surface area contributed by atoms with Crippen molar-refractivity contribution in [2.75, 3.05) is 33.4 Å². The highest BCUT2D eigenvalue weighted by molar-refractivity contribution is 5.81. The van der Waals surface area contributed by atoms with Crippen LogP contribution in [0.3, 0.4) is 0 Å². The van der Waals surface area contributed by atoms with Gasteiger partial charge in [-0.3, -0.25) is 9.69 Å². The Balaban J connectivity index is 2.42. The first-order valence-electron chi connectivity index (χ1n) is 6.42. The molecule has 0 aliphatic carbocycles. The first-order chi connectivity index (χ1) is 9.19. The molecule has 0 aromatic carbocycles. The smallest absolute Gasteiger partial charge is 0.237 e. The summed E-state index contributed by atoms with van der Waals surface area (Å²) in [5.74, 6) is 0.698. The number of furan rings is 1. The average molecular weight is 269 g/mol. The van der Waals surface area contributed by atoms with E-state index in [9.17, 15) is 4.79 Å². The maximum absolute atomic E-state index is 12.0. The molecule has 0 bridgehead atoms. The number of nitrogens with zero attached hydrogens (tertiary/aromatic N) is 1. The van der Waals surface area contributed by atoms with Crippen molar-refractivity contribution >= 4 is 5.91 Å². The number of ether oxygens (including phenoxy) is 1. The monoisotopic (exact) mass is 269 g/mol. The van der Waals surface area contributed by atoms with E-state index in [1.165, 1.54) is 0 Å². The van der Waals surface area contributed by atoms with Gasteiger partial charge >= 0.3 is 0 Å². The van der Waals surface area contributed by atoms with Crippen molar-refractivity contribution in [3.05, 3.63) is 24.2 Å². The average Bonchev–Trinajstić information content (AvgIpc) is 2.93. The van der Waals surface area contributed by atoms with Gasteiger partial charge < -0.3 is 20.2 Å². The van der Waals surface area contributed by atoms with Crippen LogP contribution in [0.4, 0.5) is 0 Å². The third-order valence-electron chi connectivity index (χ3n) is 2.94. The molecule has 19 heavy (non-hydrogen) atoms. The zero-order valence-electron chi connectivity index (χ0n) is 11.6. The lowest BCUT2D eigenvalue weighted by Gasteiger charge is -2.27. The number of hydrogen-bond donors (Lipinski definition) is 2. The number of amides is 1. The quantitative estimate of drug-likeness (QED) is 0.669. The highest BCUT2D eigenvalue weighted by Crippen LogP contribution is 2.02. The molecular formula is C13H23N3O3. The number of methoxy groups -OCH3 is 1. The Kier molecular flexibility index (Phi) is 7.17. The summed E-state index contributed by atoms with van der Waals surface area (Å²) >= 11 is 0. The molecule has 0 aliphatic rings. The van der Waals surface area contributed by atoms with Gasteiger partial charge in [-0.05, 0) is 19.1 Å². The lowest BCUT2D eigenvalue weighted by molar-refractivity contribution is -0.126. The molecule has 1 rings (SSSR count). The van der Waals surface area contributed by atoms with Crippen molar-refractivity contribution in [2.24, 2.45) is 5.73 Å². The summed E-state index contributed by atoms with van der Waals surface area (Å²) in [4.78, 5) is 14.0. The minimum absolute atomic E-state index is 0.0408. The summed E-state index contributed by atoms with van der Waals surface area (Å²) in [6, 6.07) is 3.38. The predicted molar refractivity (Wildman–Crippen MR) is 72.5 cm³/mol. The van der Waals surface area contributed by atoms with E-state index < -0.39 is 0 Å². The van der Waals surface area contributed by atoms with Gasteiger partial charge in [-0.2, -0.15) is 0 Å². The van der Waals surface area contributed by atoms with E-state index in [1.807, 2.05) is 17.9 Å². The molecule has 3 N–H and O–H groups in total. The van der Waals surface area contributed by atoms with E-state index in [4.69, 9.17) is 14.9 Å². The summed E-state index contributed by atoms with van der Waals surface area (Å²) in [6.45, 7) is 4.71. The maximum atomic E-state index is 12.0. The lowest BCUT2D eigenvalue weighted by atomic mass is 10.2. The summed E-state index contributed by atoms with van der Waals surface area (Å²) in [6.07, 6.45) is 1.59. The fourth-order valence-electron chi connectivity index (χ4n) is 1.77. The number of nitrogens with two attached hydrogens (primary N) is 1. The molecule has 1 amide bonds. The van der Waals surface area contributed by atoms with Crippen LogP contribution in [0.1, 0.15) is 12.7 Å². The highest BCUT2D eigenvalue weighted by atomic mass is 16.5. The number of nitrogens with one attached hydrogen (secondary N) is 1. The molecule has 0 fully saturated rings. The summed E-state index contributed by atoms with van der Waals surface area (Å²) in [7, 11) is 1.64. The molecule has 1 heterocycles. The van der Waals surface area contributed by atoms with Crippen LogP contribution in [0.25, 0.3) is 0 Å². The topological polar surface area (TPSA) is 80.7 Å². The van der Waals surface area contributed by atoms with Crippen LogP contribution >= 0.6 is 0 Å². The fraction of sp³-hybridized carbons (Fsp3) is 0.615. The van der Waals surface area contributed by atoms with Gasteiger partial charge in [0.25, 0.3) is 0 Å². The molecule has 6 nitrogen and oxygen atoms in total. The van der Waals surface area contributed by atoms with Crippen LogP contribution < -0.4 is 11.1 Å². The van der Waals surface area contributed by atoms with Crippen molar-refractivity contribution in [3.8, 4) is 0 Å². The number of carbonyl (C=O) groups is 1. The molecular weight excluding hydrogens is 246 g/mol. The van der Waals surface area contributed by atoms with E-state index in [0.717, 1.165) is 5.76 Å². The van der Waals surface area contributed by atoms with Gasteiger partial charge in [0.2, 0.25) is 5.91 Å². The van der Waals surface area contributed by atoms with Crippen molar-refractivity contribution in [1.82, 2.24) is 10.2 Å². The van der Waals surface area contributed by atoms with Crippen LogP contribution in [-0.4, -0.2) is 50.2 Å². The SMILES string of the molecule is COCCN(CCN)C(C)C(=O)NCc1ccco1. The number of hydrogen-bond acceptors (Lipinski definition) is 5. The molecule has 1 atom stereocenters. The van der Waals surface area contributed by atoms with Crippen molar-refractivity contribution in [2.45, 2.75) is 19.5 Å². The van der Waals surface area contributed by atoms with E-state index in [2.05, 4.69) is 5.32 Å². The lowest BCUT2D eigenvalue weighted by Crippen LogP contribution is -2.47. The molecule has 0 saturated heterocycles. The van der Waals surface area contributed by atoms with Gasteiger partial charge in [-0.15, -0.1) is 0 Å². The van der Waals surface area contributed by atoms with E-state index >= 15 is 0 Å². The second-order valence-electron chi connectivity index (χ2n) is 4.29. The number of carbonyl (C=O) groups excluding carboxylic acids is 1. The van der Waals surface area contributed by atoms with Crippen LogP contribution in [0.2, 0.25) is 0 Å². The van der Waals surface area contributed by atoms with Gasteiger partial charge in [-0.1, -0.05) is 0 Å². The molecule has 1 aromatic heterocycles. The minimum atomic E-state index is -0.242. The third-order valence-corrected chi connectivity index (χ3v) is 2.94. The Bertz CT molecular complexity index is 354.